The number of carbonyl (C=O) groups excluding carboxylic acids is 1. The van der Waals surface area contributed by atoms with Crippen molar-refractivity contribution in [3.63, 3.8) is 0 Å². The highest BCUT2D eigenvalue weighted by Crippen LogP contribution is 2.11. The fraction of sp³-hybridized carbons (Fsp3) is 0.500. The fourth-order valence-corrected chi connectivity index (χ4v) is 2.19. The molecule has 106 valence electrons. The molecule has 2 N–H and O–H groups in total. The minimum atomic E-state index is -0.536. The number of nitrogens with one attached hydrogen (secondary N) is 1. The van der Waals surface area contributed by atoms with Gasteiger partial charge in [-0.15, -0.1) is 0 Å². The number of benzene rings is 1. The van der Waals surface area contributed by atoms with E-state index in [1.165, 1.54) is 0 Å². The Kier molecular flexibility index (Phi) is 6.06. The second kappa shape index (κ2) is 7.09. The van der Waals surface area contributed by atoms with E-state index in [4.69, 9.17) is 4.74 Å². The molecule has 0 spiro atoms. The zero-order chi connectivity index (χ0) is 14.5. The van der Waals surface area contributed by atoms with Gasteiger partial charge in [-0.25, -0.2) is 4.79 Å². The van der Waals surface area contributed by atoms with Crippen LogP contribution in [0.25, 0.3) is 0 Å². The molecule has 0 aromatic heterocycles. The highest BCUT2D eigenvalue weighted by atomic mass is 127. The Bertz CT molecular complexity index is 429. The molecular weight excluding hydrogens is 357 g/mol. The lowest BCUT2D eigenvalue weighted by Gasteiger charge is -2.22. The zero-order valence-corrected chi connectivity index (χ0v) is 13.6. The Morgan fingerprint density at radius 3 is 2.68 bits per heavy atom. The van der Waals surface area contributed by atoms with Gasteiger partial charge in [-0.3, -0.25) is 0 Å². The molecule has 1 aromatic rings. The van der Waals surface area contributed by atoms with Crippen LogP contribution in [0.3, 0.4) is 0 Å². The maximum absolute atomic E-state index is 11.6. The minimum absolute atomic E-state index is 0.120. The van der Waals surface area contributed by atoms with Gasteiger partial charge in [0.25, 0.3) is 0 Å². The molecule has 0 aliphatic heterocycles. The number of alkyl carbamates (subject to hydrolysis) is 1. The summed E-state index contributed by atoms with van der Waals surface area (Å²) in [4.78, 5) is 11.6. The summed E-state index contributed by atoms with van der Waals surface area (Å²) in [6.07, 6.45) is 0.0734. The molecule has 0 saturated carbocycles. The summed E-state index contributed by atoms with van der Waals surface area (Å²) in [5.41, 5.74) is 0.536. The molecule has 0 radical (unpaired) electrons. The van der Waals surface area contributed by atoms with Crippen LogP contribution in [0.15, 0.2) is 24.3 Å². The SMILES string of the molecule is CC(C)(C)OC(=O)N[C@H](CO)Cc1cccc(I)c1. The van der Waals surface area contributed by atoms with Crippen LogP contribution in [0.2, 0.25) is 0 Å². The Morgan fingerprint density at radius 1 is 1.47 bits per heavy atom. The fourth-order valence-electron chi connectivity index (χ4n) is 1.58. The van der Waals surface area contributed by atoms with Crippen molar-refractivity contribution in [1.82, 2.24) is 5.32 Å². The van der Waals surface area contributed by atoms with Crippen LogP contribution in [-0.2, 0) is 11.2 Å². The topological polar surface area (TPSA) is 58.6 Å². The molecule has 0 aliphatic rings. The maximum Gasteiger partial charge on any atom is 0.407 e. The lowest BCUT2D eigenvalue weighted by atomic mass is 10.1. The molecule has 1 atom stereocenters. The van der Waals surface area contributed by atoms with Crippen LogP contribution in [0.4, 0.5) is 4.79 Å². The van der Waals surface area contributed by atoms with E-state index in [0.29, 0.717) is 6.42 Å². The van der Waals surface area contributed by atoms with E-state index < -0.39 is 11.7 Å². The van der Waals surface area contributed by atoms with Gasteiger partial charge in [0, 0.05) is 3.57 Å². The van der Waals surface area contributed by atoms with Crippen LogP contribution in [0, 0.1) is 3.57 Å². The van der Waals surface area contributed by atoms with Gasteiger partial charge >= 0.3 is 6.09 Å². The van der Waals surface area contributed by atoms with E-state index in [2.05, 4.69) is 27.9 Å². The third-order valence-corrected chi connectivity index (χ3v) is 2.98. The molecule has 0 fully saturated rings. The number of amides is 1. The Hall–Kier alpha value is -0.820. The van der Waals surface area contributed by atoms with E-state index in [-0.39, 0.29) is 12.6 Å². The lowest BCUT2D eigenvalue weighted by molar-refractivity contribution is 0.0483. The van der Waals surface area contributed by atoms with Crippen LogP contribution in [0.5, 0.6) is 0 Å². The summed E-state index contributed by atoms with van der Waals surface area (Å²) in [5, 5.41) is 12.0. The summed E-state index contributed by atoms with van der Waals surface area (Å²) in [5.74, 6) is 0. The van der Waals surface area contributed by atoms with E-state index in [1.54, 1.807) is 20.8 Å². The molecule has 1 rings (SSSR count). The van der Waals surface area contributed by atoms with Crippen molar-refractivity contribution >= 4 is 28.7 Å². The number of aliphatic hydroxyl groups excluding tert-OH is 1. The number of halogens is 1. The van der Waals surface area contributed by atoms with Crippen LogP contribution >= 0.6 is 22.6 Å². The first kappa shape index (κ1) is 16.2. The van der Waals surface area contributed by atoms with Crippen molar-refractivity contribution < 1.29 is 14.6 Å². The summed E-state index contributed by atoms with van der Waals surface area (Å²) >= 11 is 2.23. The highest BCUT2D eigenvalue weighted by Gasteiger charge is 2.19. The normalized spacial score (nSPS) is 12.9. The summed E-state index contributed by atoms with van der Waals surface area (Å²) in [6, 6.07) is 7.62. The molecule has 5 heteroatoms. The number of aliphatic hydroxyl groups is 1. The van der Waals surface area contributed by atoms with Gasteiger partial charge in [0.2, 0.25) is 0 Å². The van der Waals surface area contributed by atoms with Gasteiger partial charge in [0.1, 0.15) is 5.60 Å². The van der Waals surface area contributed by atoms with Crippen LogP contribution < -0.4 is 5.32 Å². The molecule has 0 bridgehead atoms. The standard InChI is InChI=1S/C14H20INO3/c1-14(2,3)19-13(18)16-12(9-17)8-10-5-4-6-11(15)7-10/h4-7,12,17H,8-9H2,1-3H3,(H,16,18)/t12-/m0/s1. The van der Waals surface area contributed by atoms with E-state index in [1.807, 2.05) is 24.3 Å². The predicted molar refractivity (Wildman–Crippen MR) is 83.1 cm³/mol. The quantitative estimate of drug-likeness (QED) is 0.794. The average Bonchev–Trinajstić information content (AvgIpc) is 2.25. The van der Waals surface area contributed by atoms with Gasteiger partial charge in [0.15, 0.2) is 0 Å². The maximum atomic E-state index is 11.6. The first-order valence-corrected chi connectivity index (χ1v) is 7.23. The number of ether oxygens (including phenoxy) is 1. The minimum Gasteiger partial charge on any atom is -0.444 e. The van der Waals surface area contributed by atoms with Crippen molar-refractivity contribution in [2.45, 2.75) is 38.8 Å². The number of rotatable bonds is 4. The second-order valence-corrected chi connectivity index (χ2v) is 6.61. The molecular formula is C14H20INO3. The smallest absolute Gasteiger partial charge is 0.407 e. The molecule has 1 aromatic carbocycles. The summed E-state index contributed by atoms with van der Waals surface area (Å²) in [7, 11) is 0. The molecule has 0 aliphatic carbocycles. The Labute approximate surface area is 127 Å². The van der Waals surface area contributed by atoms with E-state index in [9.17, 15) is 9.90 Å². The largest absolute Gasteiger partial charge is 0.444 e. The first-order valence-electron chi connectivity index (χ1n) is 6.15. The van der Waals surface area contributed by atoms with Gasteiger partial charge in [-0.05, 0) is 67.5 Å². The molecule has 19 heavy (non-hydrogen) atoms. The highest BCUT2D eigenvalue weighted by molar-refractivity contribution is 14.1. The monoisotopic (exact) mass is 377 g/mol. The van der Waals surface area contributed by atoms with Gasteiger partial charge in [0.05, 0.1) is 12.6 Å². The van der Waals surface area contributed by atoms with Crippen molar-refractivity contribution in [3.05, 3.63) is 33.4 Å². The Balaban J connectivity index is 2.57. The molecule has 0 heterocycles. The van der Waals surface area contributed by atoms with Crippen molar-refractivity contribution in [2.75, 3.05) is 6.61 Å². The molecule has 0 saturated heterocycles. The van der Waals surface area contributed by atoms with Gasteiger partial charge in [-0.2, -0.15) is 0 Å². The average molecular weight is 377 g/mol. The number of hydrogen-bond acceptors (Lipinski definition) is 3. The third kappa shape index (κ3) is 6.77. The van der Waals surface area contributed by atoms with Crippen molar-refractivity contribution in [1.29, 1.82) is 0 Å². The molecule has 4 nitrogen and oxygen atoms in total. The van der Waals surface area contributed by atoms with Gasteiger partial charge < -0.3 is 15.2 Å². The summed E-state index contributed by atoms with van der Waals surface area (Å²) in [6.45, 7) is 5.30. The van der Waals surface area contributed by atoms with Crippen LogP contribution in [0.1, 0.15) is 26.3 Å². The van der Waals surface area contributed by atoms with E-state index in [0.717, 1.165) is 9.13 Å². The van der Waals surface area contributed by atoms with E-state index >= 15 is 0 Å². The lowest BCUT2D eigenvalue weighted by Crippen LogP contribution is -2.42. The predicted octanol–water partition coefficient (Wildman–Crippen LogP) is 2.72. The number of hydrogen-bond donors (Lipinski definition) is 2. The van der Waals surface area contributed by atoms with Crippen molar-refractivity contribution in [2.24, 2.45) is 0 Å². The third-order valence-electron chi connectivity index (χ3n) is 2.31. The molecule has 0 unspecified atom stereocenters. The number of carbonyl (C=O) groups is 1. The Morgan fingerprint density at radius 2 is 2.16 bits per heavy atom. The van der Waals surface area contributed by atoms with Gasteiger partial charge in [-0.1, -0.05) is 12.1 Å². The summed E-state index contributed by atoms with van der Waals surface area (Å²) < 4.78 is 6.30. The second-order valence-electron chi connectivity index (χ2n) is 5.36. The van der Waals surface area contributed by atoms with Crippen LogP contribution in [-0.4, -0.2) is 29.4 Å². The first-order chi connectivity index (χ1) is 8.80. The molecule has 1 amide bonds. The zero-order valence-electron chi connectivity index (χ0n) is 11.4. The van der Waals surface area contributed by atoms with Crippen molar-refractivity contribution in [3.8, 4) is 0 Å².